The molecular formula is C20H24N2O4. The third kappa shape index (κ3) is 4.20. The number of rotatable bonds is 7. The zero-order valence-corrected chi connectivity index (χ0v) is 15.6. The first kappa shape index (κ1) is 19.4. The monoisotopic (exact) mass is 356 g/mol. The third-order valence-corrected chi connectivity index (χ3v) is 4.25. The molecule has 1 aromatic heterocycles. The van der Waals surface area contributed by atoms with E-state index in [1.165, 1.54) is 17.6 Å². The number of ether oxygens (including phenoxy) is 1. The first-order valence-corrected chi connectivity index (χ1v) is 8.61. The number of nitrogens with zero attached hydrogens (tertiary/aromatic N) is 2. The highest BCUT2D eigenvalue weighted by molar-refractivity contribution is 5.98. The van der Waals surface area contributed by atoms with Crippen LogP contribution >= 0.6 is 0 Å². The normalized spacial score (nSPS) is 11.7. The second-order valence-electron chi connectivity index (χ2n) is 5.99. The lowest BCUT2D eigenvalue weighted by Crippen LogP contribution is -2.36. The molecule has 6 nitrogen and oxygen atoms in total. The van der Waals surface area contributed by atoms with Crippen LogP contribution in [0.3, 0.4) is 0 Å². The van der Waals surface area contributed by atoms with Crippen molar-refractivity contribution in [1.82, 2.24) is 9.47 Å². The van der Waals surface area contributed by atoms with Gasteiger partial charge in [-0.3, -0.25) is 9.59 Å². The first-order chi connectivity index (χ1) is 12.4. The van der Waals surface area contributed by atoms with Crippen LogP contribution in [0, 0.1) is 0 Å². The number of aromatic nitrogens is 1. The molecule has 0 N–H and O–H groups in total. The number of ketones is 1. The standard InChI is InChI=1S/C20H24N2O4/c1-5-22(6-2)19(24)18(15-10-8-7-9-11-15)26-20(25)17-12-16(14(3)23)13-21(17)4/h7-13,18H,5-6H2,1-4H3/t18-/m0/s1. The van der Waals surface area contributed by atoms with Crippen LogP contribution in [0.1, 0.15) is 53.3 Å². The summed E-state index contributed by atoms with van der Waals surface area (Å²) >= 11 is 0. The molecule has 2 aromatic rings. The van der Waals surface area contributed by atoms with Crippen molar-refractivity contribution >= 4 is 17.7 Å². The van der Waals surface area contributed by atoms with Crippen molar-refractivity contribution in [3.8, 4) is 0 Å². The lowest BCUT2D eigenvalue weighted by Gasteiger charge is -2.25. The first-order valence-electron chi connectivity index (χ1n) is 8.61. The van der Waals surface area contributed by atoms with E-state index in [1.54, 1.807) is 42.4 Å². The minimum absolute atomic E-state index is 0.140. The van der Waals surface area contributed by atoms with Gasteiger partial charge in [-0.1, -0.05) is 30.3 Å². The van der Waals surface area contributed by atoms with Crippen LogP contribution in [0.5, 0.6) is 0 Å². The smallest absolute Gasteiger partial charge is 0.356 e. The molecule has 0 saturated heterocycles. The van der Waals surface area contributed by atoms with Crippen LogP contribution in [0.2, 0.25) is 0 Å². The molecule has 0 bridgehead atoms. The van der Waals surface area contributed by atoms with E-state index < -0.39 is 12.1 Å². The Bertz CT molecular complexity index is 791. The number of carbonyl (C=O) groups excluding carboxylic acids is 3. The summed E-state index contributed by atoms with van der Waals surface area (Å²) in [5.41, 5.74) is 1.26. The molecule has 2 rings (SSSR count). The van der Waals surface area contributed by atoms with Gasteiger partial charge >= 0.3 is 5.97 Å². The summed E-state index contributed by atoms with van der Waals surface area (Å²) in [6.45, 7) is 6.23. The number of amides is 1. The van der Waals surface area contributed by atoms with Crippen molar-refractivity contribution in [3.05, 3.63) is 59.4 Å². The Morgan fingerprint density at radius 1 is 1.12 bits per heavy atom. The predicted octanol–water partition coefficient (Wildman–Crippen LogP) is 2.99. The molecule has 1 amide bonds. The predicted molar refractivity (Wildman–Crippen MR) is 97.9 cm³/mol. The molecule has 1 aromatic carbocycles. The quantitative estimate of drug-likeness (QED) is 0.565. The SMILES string of the molecule is CCN(CC)C(=O)[C@@H](OC(=O)c1cc(C(C)=O)cn1C)c1ccccc1. The highest BCUT2D eigenvalue weighted by Gasteiger charge is 2.29. The fourth-order valence-electron chi connectivity index (χ4n) is 2.72. The van der Waals surface area contributed by atoms with Gasteiger partial charge in [-0.2, -0.15) is 0 Å². The zero-order valence-electron chi connectivity index (χ0n) is 15.6. The van der Waals surface area contributed by atoms with Gasteiger partial charge in [0.05, 0.1) is 0 Å². The van der Waals surface area contributed by atoms with E-state index in [9.17, 15) is 14.4 Å². The Balaban J connectivity index is 2.33. The Morgan fingerprint density at radius 2 is 1.73 bits per heavy atom. The van der Waals surface area contributed by atoms with Crippen molar-refractivity contribution < 1.29 is 19.1 Å². The number of carbonyl (C=O) groups is 3. The number of hydrogen-bond donors (Lipinski definition) is 0. The van der Waals surface area contributed by atoms with Crippen LogP contribution in [0.15, 0.2) is 42.6 Å². The third-order valence-electron chi connectivity index (χ3n) is 4.25. The average Bonchev–Trinajstić information content (AvgIpc) is 3.03. The van der Waals surface area contributed by atoms with Crippen LogP contribution < -0.4 is 0 Å². The summed E-state index contributed by atoms with van der Waals surface area (Å²) in [4.78, 5) is 38.7. The minimum atomic E-state index is -1.03. The van der Waals surface area contributed by atoms with Crippen LogP contribution in [0.4, 0.5) is 0 Å². The zero-order chi connectivity index (χ0) is 19.3. The lowest BCUT2D eigenvalue weighted by molar-refractivity contribution is -0.140. The molecule has 0 aliphatic carbocycles. The Morgan fingerprint density at radius 3 is 2.23 bits per heavy atom. The Kier molecular flexibility index (Phi) is 6.33. The Labute approximate surface area is 153 Å². The second kappa shape index (κ2) is 8.47. The van der Waals surface area contributed by atoms with E-state index in [0.717, 1.165) is 0 Å². The van der Waals surface area contributed by atoms with Crippen molar-refractivity contribution in [3.63, 3.8) is 0 Å². The summed E-state index contributed by atoms with van der Waals surface area (Å²) < 4.78 is 7.11. The molecule has 6 heteroatoms. The molecule has 0 radical (unpaired) electrons. The minimum Gasteiger partial charge on any atom is -0.443 e. The summed E-state index contributed by atoms with van der Waals surface area (Å²) in [6.07, 6.45) is 0.544. The van der Waals surface area contributed by atoms with Gasteiger partial charge in [0.1, 0.15) is 5.69 Å². The average molecular weight is 356 g/mol. The topological polar surface area (TPSA) is 68.6 Å². The number of aryl methyl sites for hydroxylation is 1. The Hall–Kier alpha value is -2.89. The largest absolute Gasteiger partial charge is 0.443 e. The van der Waals surface area contributed by atoms with Crippen molar-refractivity contribution in [1.29, 1.82) is 0 Å². The van der Waals surface area contributed by atoms with Crippen molar-refractivity contribution in [2.75, 3.05) is 13.1 Å². The van der Waals surface area contributed by atoms with Gasteiger partial charge < -0.3 is 14.2 Å². The van der Waals surface area contributed by atoms with Gasteiger partial charge in [0.2, 0.25) is 6.10 Å². The van der Waals surface area contributed by atoms with Crippen LogP contribution in [-0.2, 0) is 16.6 Å². The van der Waals surface area contributed by atoms with E-state index >= 15 is 0 Å². The second-order valence-corrected chi connectivity index (χ2v) is 5.99. The van der Waals surface area contributed by atoms with E-state index in [1.807, 2.05) is 19.9 Å². The van der Waals surface area contributed by atoms with E-state index in [-0.39, 0.29) is 17.4 Å². The molecule has 1 heterocycles. The van der Waals surface area contributed by atoms with Crippen molar-refractivity contribution in [2.45, 2.75) is 26.9 Å². The van der Waals surface area contributed by atoms with Gasteiger partial charge in [-0.15, -0.1) is 0 Å². The molecule has 1 atom stereocenters. The number of likely N-dealkylation sites (N-methyl/N-ethyl adjacent to an activating group) is 1. The van der Waals surface area contributed by atoms with Gasteiger partial charge in [0, 0.05) is 37.5 Å². The van der Waals surface area contributed by atoms with Crippen LogP contribution in [-0.4, -0.2) is 40.2 Å². The molecule has 0 spiro atoms. The summed E-state index contributed by atoms with van der Waals surface area (Å²) in [7, 11) is 1.66. The van der Waals surface area contributed by atoms with Gasteiger partial charge in [-0.05, 0) is 26.8 Å². The maximum Gasteiger partial charge on any atom is 0.356 e. The van der Waals surface area contributed by atoms with E-state index in [2.05, 4.69) is 0 Å². The number of benzene rings is 1. The number of esters is 1. The molecule has 138 valence electrons. The molecule has 26 heavy (non-hydrogen) atoms. The van der Waals surface area contributed by atoms with Gasteiger partial charge in [0.25, 0.3) is 5.91 Å². The maximum absolute atomic E-state index is 12.9. The van der Waals surface area contributed by atoms with E-state index in [4.69, 9.17) is 4.74 Å². The number of hydrogen-bond acceptors (Lipinski definition) is 4. The molecule has 0 fully saturated rings. The summed E-state index contributed by atoms with van der Waals surface area (Å²) in [5, 5.41) is 0. The maximum atomic E-state index is 12.9. The van der Waals surface area contributed by atoms with Crippen LogP contribution in [0.25, 0.3) is 0 Å². The van der Waals surface area contributed by atoms with E-state index in [0.29, 0.717) is 24.2 Å². The highest BCUT2D eigenvalue weighted by Crippen LogP contribution is 2.22. The van der Waals surface area contributed by atoms with Gasteiger partial charge in [-0.25, -0.2) is 4.79 Å². The highest BCUT2D eigenvalue weighted by atomic mass is 16.5. The van der Waals surface area contributed by atoms with Gasteiger partial charge in [0.15, 0.2) is 5.78 Å². The summed E-state index contributed by atoms with van der Waals surface area (Å²) in [6, 6.07) is 10.4. The molecule has 0 aliphatic rings. The molecule has 0 unspecified atom stereocenters. The van der Waals surface area contributed by atoms with Crippen molar-refractivity contribution in [2.24, 2.45) is 7.05 Å². The number of Topliss-reactive ketones (excluding diaryl/α,β-unsaturated/α-hetero) is 1. The lowest BCUT2D eigenvalue weighted by atomic mass is 10.1. The molecular weight excluding hydrogens is 332 g/mol. The fraction of sp³-hybridized carbons (Fsp3) is 0.350. The summed E-state index contributed by atoms with van der Waals surface area (Å²) in [5.74, 6) is -1.05. The molecule has 0 saturated carbocycles. The fourth-order valence-corrected chi connectivity index (χ4v) is 2.72. The molecule has 0 aliphatic heterocycles.